The Morgan fingerprint density at radius 1 is 1.09 bits per heavy atom. The normalized spacial score (nSPS) is 11.6. The van der Waals surface area contributed by atoms with E-state index in [1.807, 2.05) is 48.5 Å². The Hall–Kier alpha value is -1.26. The van der Waals surface area contributed by atoms with Crippen LogP contribution in [0.4, 0.5) is 0 Å². The topological polar surface area (TPSA) is 41.5 Å². The molecule has 2 rings (SSSR count). The first-order chi connectivity index (χ1) is 10.2. The van der Waals surface area contributed by atoms with E-state index < -0.39 is 0 Å². The van der Waals surface area contributed by atoms with Crippen molar-refractivity contribution < 1.29 is 22.3 Å². The Labute approximate surface area is 142 Å². The summed E-state index contributed by atoms with van der Waals surface area (Å²) >= 11 is 6.13. The van der Waals surface area contributed by atoms with Crippen LogP contribution in [0.2, 0.25) is 5.02 Å². The third-order valence-corrected chi connectivity index (χ3v) is 3.44. The minimum absolute atomic E-state index is 0. The molecule has 120 valence electrons. The molecule has 0 saturated heterocycles. The van der Waals surface area contributed by atoms with Crippen LogP contribution >= 0.6 is 11.6 Å². The Morgan fingerprint density at radius 3 is 2.41 bits per heavy atom. The average molecular weight is 341 g/mol. The zero-order valence-electron chi connectivity index (χ0n) is 12.4. The van der Waals surface area contributed by atoms with E-state index in [-0.39, 0.29) is 18.5 Å². The maximum absolute atomic E-state index is 9.27. The molecule has 0 heterocycles. The molecule has 5 heteroatoms. The van der Waals surface area contributed by atoms with E-state index in [0.29, 0.717) is 24.7 Å². The predicted molar refractivity (Wildman–Crippen MR) is 85.6 cm³/mol. The lowest BCUT2D eigenvalue weighted by Crippen LogP contribution is -3.00. The van der Waals surface area contributed by atoms with Gasteiger partial charge in [-0.1, -0.05) is 48.0 Å². The second-order valence-corrected chi connectivity index (χ2v) is 5.37. The molecule has 0 bridgehead atoms. The number of ether oxygens (including phenoxy) is 1. The van der Waals surface area contributed by atoms with Crippen LogP contribution in [-0.2, 0) is 13.2 Å². The second kappa shape index (κ2) is 9.70. The van der Waals surface area contributed by atoms with E-state index in [4.69, 9.17) is 16.3 Å². The van der Waals surface area contributed by atoms with Crippen molar-refractivity contribution in [3.05, 3.63) is 64.7 Å². The number of para-hydroxylation sites is 1. The molecule has 0 aliphatic rings. The first kappa shape index (κ1) is 18.8. The van der Waals surface area contributed by atoms with E-state index in [0.717, 1.165) is 16.9 Å². The largest absolute Gasteiger partial charge is 1.00 e. The van der Waals surface area contributed by atoms with Crippen LogP contribution in [0, 0.1) is 0 Å². The fourth-order valence-corrected chi connectivity index (χ4v) is 2.17. The summed E-state index contributed by atoms with van der Waals surface area (Å²) in [5.41, 5.74) is 2.02. The molecule has 22 heavy (non-hydrogen) atoms. The van der Waals surface area contributed by atoms with Crippen molar-refractivity contribution in [1.29, 1.82) is 0 Å². The van der Waals surface area contributed by atoms with Crippen molar-refractivity contribution in [2.24, 2.45) is 0 Å². The van der Waals surface area contributed by atoms with Gasteiger partial charge in [-0.05, 0) is 19.1 Å². The zero-order valence-corrected chi connectivity index (χ0v) is 13.9. The van der Waals surface area contributed by atoms with E-state index in [9.17, 15) is 5.11 Å². The lowest BCUT2D eigenvalue weighted by Gasteiger charge is -2.13. The summed E-state index contributed by atoms with van der Waals surface area (Å²) in [6.07, 6.45) is -0.360. The highest BCUT2D eigenvalue weighted by atomic mass is 35.5. The van der Waals surface area contributed by atoms with Crippen LogP contribution in [0.5, 0.6) is 5.75 Å². The molecule has 0 saturated carbocycles. The van der Waals surface area contributed by atoms with Gasteiger partial charge in [0, 0.05) is 29.2 Å². The number of aliphatic hydroxyl groups excluding tert-OH is 1. The van der Waals surface area contributed by atoms with Crippen molar-refractivity contribution in [3.63, 3.8) is 0 Å². The summed E-state index contributed by atoms with van der Waals surface area (Å²) in [4.78, 5) is 0. The zero-order chi connectivity index (χ0) is 15.1. The number of rotatable bonds is 7. The second-order valence-electron chi connectivity index (χ2n) is 4.97. The lowest BCUT2D eigenvalue weighted by molar-refractivity contribution is -0.00000674. The van der Waals surface area contributed by atoms with Crippen molar-refractivity contribution in [2.75, 3.05) is 6.54 Å². The van der Waals surface area contributed by atoms with E-state index >= 15 is 0 Å². The Bertz CT molecular complexity index is 576. The molecule has 0 aliphatic carbocycles. The third-order valence-electron chi connectivity index (χ3n) is 3.07. The molecule has 1 unspecified atom stereocenters. The Morgan fingerprint density at radius 2 is 1.73 bits per heavy atom. The summed E-state index contributed by atoms with van der Waals surface area (Å²) in [7, 11) is 0. The van der Waals surface area contributed by atoms with Crippen molar-refractivity contribution in [1.82, 2.24) is 5.32 Å². The average Bonchev–Trinajstić information content (AvgIpc) is 2.47. The maximum atomic E-state index is 9.27. The molecule has 2 N–H and O–H groups in total. The Kier molecular flexibility index (Phi) is 8.28. The van der Waals surface area contributed by atoms with Gasteiger partial charge in [0.25, 0.3) is 0 Å². The third kappa shape index (κ3) is 5.85. The summed E-state index contributed by atoms with van der Waals surface area (Å²) in [6, 6.07) is 15.5. The van der Waals surface area contributed by atoms with Gasteiger partial charge in [-0.25, -0.2) is 0 Å². The number of halogens is 2. The highest BCUT2D eigenvalue weighted by molar-refractivity contribution is 6.31. The van der Waals surface area contributed by atoms with Gasteiger partial charge in [-0.2, -0.15) is 0 Å². The highest BCUT2D eigenvalue weighted by Gasteiger charge is 2.05. The predicted octanol–water partition coefficient (Wildman–Crippen LogP) is 0.393. The van der Waals surface area contributed by atoms with Crippen molar-refractivity contribution >= 4 is 11.6 Å². The van der Waals surface area contributed by atoms with Gasteiger partial charge >= 0.3 is 0 Å². The smallest absolute Gasteiger partial charge is 0.124 e. The summed E-state index contributed by atoms with van der Waals surface area (Å²) in [6.45, 7) is 3.41. The first-order valence-corrected chi connectivity index (χ1v) is 7.37. The van der Waals surface area contributed by atoms with Crippen LogP contribution in [0.1, 0.15) is 18.1 Å². The summed E-state index contributed by atoms with van der Waals surface area (Å²) in [5, 5.41) is 13.2. The molecule has 0 spiro atoms. The van der Waals surface area contributed by atoms with Gasteiger partial charge < -0.3 is 27.6 Å². The van der Waals surface area contributed by atoms with Crippen LogP contribution < -0.4 is 22.5 Å². The molecule has 2 aromatic rings. The van der Waals surface area contributed by atoms with Gasteiger partial charge in [-0.15, -0.1) is 0 Å². The van der Waals surface area contributed by atoms with Gasteiger partial charge in [0.15, 0.2) is 0 Å². The molecule has 3 nitrogen and oxygen atoms in total. The van der Waals surface area contributed by atoms with E-state index in [1.165, 1.54) is 0 Å². The van der Waals surface area contributed by atoms with E-state index in [1.54, 1.807) is 6.92 Å². The minimum Gasteiger partial charge on any atom is -1.00 e. The summed E-state index contributed by atoms with van der Waals surface area (Å²) < 4.78 is 5.87. The monoisotopic (exact) mass is 340 g/mol. The quantitative estimate of drug-likeness (QED) is 0.766. The molecule has 0 aliphatic heterocycles. The number of nitrogens with one attached hydrogen (secondary N) is 1. The van der Waals surface area contributed by atoms with Crippen LogP contribution in [0.15, 0.2) is 48.5 Å². The standard InChI is InChI=1S/C17H20ClNO2.ClH/c1-13(20)10-19-11-14-6-3-5-9-17(14)21-12-15-7-2-4-8-16(15)18;/h2-9,13,19-20H,10-12H2,1H3;1H/p-1. The maximum Gasteiger partial charge on any atom is 0.124 e. The van der Waals surface area contributed by atoms with Gasteiger partial charge in [0.2, 0.25) is 0 Å². The number of hydrogen-bond donors (Lipinski definition) is 2. The number of aliphatic hydroxyl groups is 1. The fourth-order valence-electron chi connectivity index (χ4n) is 1.98. The van der Waals surface area contributed by atoms with Crippen molar-refractivity contribution in [2.45, 2.75) is 26.2 Å². The molecular formula is C17H20Cl2NO2-. The molecule has 1 atom stereocenters. The van der Waals surface area contributed by atoms with Crippen LogP contribution in [0.25, 0.3) is 0 Å². The fraction of sp³-hybridized carbons (Fsp3) is 0.294. The first-order valence-electron chi connectivity index (χ1n) is 6.99. The van der Waals surface area contributed by atoms with Crippen molar-refractivity contribution in [3.8, 4) is 5.75 Å². The number of benzene rings is 2. The highest BCUT2D eigenvalue weighted by Crippen LogP contribution is 2.21. The lowest BCUT2D eigenvalue weighted by atomic mass is 10.2. The molecule has 0 aromatic heterocycles. The van der Waals surface area contributed by atoms with Gasteiger partial charge in [0.05, 0.1) is 6.10 Å². The van der Waals surface area contributed by atoms with Gasteiger partial charge in [-0.3, -0.25) is 0 Å². The molecule has 0 amide bonds. The van der Waals surface area contributed by atoms with E-state index in [2.05, 4.69) is 5.32 Å². The summed E-state index contributed by atoms with van der Waals surface area (Å²) in [5.74, 6) is 0.829. The molecule has 0 fully saturated rings. The minimum atomic E-state index is -0.360. The molecule has 2 aromatic carbocycles. The van der Waals surface area contributed by atoms with Crippen LogP contribution in [-0.4, -0.2) is 17.8 Å². The van der Waals surface area contributed by atoms with Gasteiger partial charge in [0.1, 0.15) is 12.4 Å². The van der Waals surface area contributed by atoms with Crippen LogP contribution in [0.3, 0.4) is 0 Å². The number of hydrogen-bond acceptors (Lipinski definition) is 3. The SMILES string of the molecule is CC(O)CNCc1ccccc1OCc1ccccc1Cl.[Cl-]. The molecule has 0 radical (unpaired) electrons. The molecular weight excluding hydrogens is 321 g/mol. The Balaban J connectivity index is 0.00000242.